The number of rotatable bonds is 5. The normalized spacial score (nSPS) is 10.9. The average molecular weight is 318 g/mol. The molecule has 6 heteroatoms. The molecule has 22 heavy (non-hydrogen) atoms. The van der Waals surface area contributed by atoms with Crippen molar-refractivity contribution in [3.8, 4) is 11.5 Å². The number of hydrogen-bond donors (Lipinski definition) is 2. The number of thiazole rings is 1. The van der Waals surface area contributed by atoms with E-state index in [1.807, 2.05) is 13.8 Å². The van der Waals surface area contributed by atoms with Gasteiger partial charge in [0, 0.05) is 11.0 Å². The molecule has 0 radical (unpaired) electrons. The van der Waals surface area contributed by atoms with Gasteiger partial charge in [-0.1, -0.05) is 6.07 Å². The predicted octanol–water partition coefficient (Wildman–Crippen LogP) is 2.80. The smallest absolute Gasteiger partial charge is 0.244 e. The molecule has 1 aromatic heterocycles. The summed E-state index contributed by atoms with van der Waals surface area (Å²) in [4.78, 5) is 17.2. The molecule has 2 N–H and O–H groups in total. The van der Waals surface area contributed by atoms with Crippen molar-refractivity contribution >= 4 is 23.3 Å². The summed E-state index contributed by atoms with van der Waals surface area (Å²) in [6.07, 6.45) is 3.07. The molecule has 0 unspecified atom stereocenters. The Morgan fingerprint density at radius 2 is 2.23 bits per heavy atom. The second-order valence-electron chi connectivity index (χ2n) is 4.72. The zero-order valence-electron chi connectivity index (χ0n) is 12.7. The first kappa shape index (κ1) is 16.0. The minimum atomic E-state index is -0.194. The van der Waals surface area contributed by atoms with Crippen molar-refractivity contribution in [2.75, 3.05) is 7.11 Å². The molecule has 0 aliphatic heterocycles. The second-order valence-corrected chi connectivity index (χ2v) is 6.01. The summed E-state index contributed by atoms with van der Waals surface area (Å²) in [6, 6.07) is 4.95. The van der Waals surface area contributed by atoms with Crippen LogP contribution in [0, 0.1) is 13.8 Å². The molecule has 0 aliphatic carbocycles. The first-order chi connectivity index (χ1) is 10.5. The van der Waals surface area contributed by atoms with Crippen LogP contribution in [0.1, 0.15) is 21.1 Å². The minimum Gasteiger partial charge on any atom is -0.504 e. The van der Waals surface area contributed by atoms with E-state index in [0.717, 1.165) is 21.1 Å². The van der Waals surface area contributed by atoms with Gasteiger partial charge < -0.3 is 15.2 Å². The molecular weight excluding hydrogens is 300 g/mol. The van der Waals surface area contributed by atoms with Gasteiger partial charge in [-0.25, -0.2) is 4.98 Å². The third kappa shape index (κ3) is 4.08. The van der Waals surface area contributed by atoms with E-state index >= 15 is 0 Å². The van der Waals surface area contributed by atoms with Gasteiger partial charge in [0.2, 0.25) is 5.91 Å². The number of phenols is 1. The summed E-state index contributed by atoms with van der Waals surface area (Å²) in [5.74, 6) is 0.249. The van der Waals surface area contributed by atoms with Gasteiger partial charge >= 0.3 is 0 Å². The maximum atomic E-state index is 11.8. The van der Waals surface area contributed by atoms with Crippen molar-refractivity contribution in [2.45, 2.75) is 20.4 Å². The number of aryl methyl sites for hydroxylation is 2. The quantitative estimate of drug-likeness (QED) is 0.832. The third-order valence-electron chi connectivity index (χ3n) is 3.05. The number of methoxy groups -OCH3 is 1. The number of benzene rings is 1. The lowest BCUT2D eigenvalue weighted by atomic mass is 10.2. The molecule has 1 amide bonds. The van der Waals surface area contributed by atoms with E-state index in [1.165, 1.54) is 13.2 Å². The molecular formula is C16H18N2O3S. The van der Waals surface area contributed by atoms with Crippen molar-refractivity contribution in [3.05, 3.63) is 45.4 Å². The largest absolute Gasteiger partial charge is 0.504 e. The number of amides is 1. The molecule has 1 aromatic carbocycles. The topological polar surface area (TPSA) is 71.5 Å². The molecule has 0 fully saturated rings. The van der Waals surface area contributed by atoms with Gasteiger partial charge in [-0.2, -0.15) is 0 Å². The molecule has 0 saturated heterocycles. The Morgan fingerprint density at radius 3 is 2.82 bits per heavy atom. The van der Waals surface area contributed by atoms with Gasteiger partial charge in [-0.15, -0.1) is 11.3 Å². The molecule has 0 bridgehead atoms. The van der Waals surface area contributed by atoms with Crippen LogP contribution >= 0.6 is 11.3 Å². The number of carbonyl (C=O) groups excluding carboxylic acids is 1. The van der Waals surface area contributed by atoms with Crippen molar-refractivity contribution in [2.24, 2.45) is 0 Å². The number of aromatic hydroxyl groups is 1. The molecule has 116 valence electrons. The van der Waals surface area contributed by atoms with Gasteiger partial charge in [0.1, 0.15) is 0 Å². The van der Waals surface area contributed by atoms with E-state index in [2.05, 4.69) is 10.3 Å². The van der Waals surface area contributed by atoms with Gasteiger partial charge in [0.05, 0.1) is 24.4 Å². The van der Waals surface area contributed by atoms with Crippen molar-refractivity contribution < 1.29 is 14.6 Å². The Balaban J connectivity index is 1.94. The number of nitrogens with zero attached hydrogens (tertiary/aromatic N) is 1. The number of phenolic OH excluding ortho intramolecular Hbond substituents is 1. The fourth-order valence-electron chi connectivity index (χ4n) is 1.95. The van der Waals surface area contributed by atoms with E-state index in [-0.39, 0.29) is 11.7 Å². The highest BCUT2D eigenvalue weighted by Gasteiger charge is 2.05. The highest BCUT2D eigenvalue weighted by molar-refractivity contribution is 7.11. The van der Waals surface area contributed by atoms with E-state index < -0.39 is 0 Å². The van der Waals surface area contributed by atoms with Crippen molar-refractivity contribution in [3.63, 3.8) is 0 Å². The van der Waals surface area contributed by atoms with E-state index in [1.54, 1.807) is 35.6 Å². The van der Waals surface area contributed by atoms with Crippen LogP contribution < -0.4 is 10.1 Å². The summed E-state index contributed by atoms with van der Waals surface area (Å²) in [6.45, 7) is 4.34. The summed E-state index contributed by atoms with van der Waals surface area (Å²) < 4.78 is 4.97. The second kappa shape index (κ2) is 7.09. The molecule has 2 aromatic rings. The maximum Gasteiger partial charge on any atom is 0.244 e. The third-order valence-corrected chi connectivity index (χ3v) is 4.13. The lowest BCUT2D eigenvalue weighted by molar-refractivity contribution is -0.116. The standard InChI is InChI=1S/C16H18N2O3S/c1-10-15(22-11(2)18-10)9-17-16(20)7-5-12-4-6-14(21-3)13(19)8-12/h4-8,19H,9H2,1-3H3,(H,17,20)/b7-5+. The number of carbonyl (C=O) groups is 1. The van der Waals surface area contributed by atoms with Gasteiger partial charge in [0.25, 0.3) is 0 Å². The molecule has 0 aliphatic rings. The molecule has 0 atom stereocenters. The van der Waals surface area contributed by atoms with Crippen LogP contribution in [0.5, 0.6) is 11.5 Å². The summed E-state index contributed by atoms with van der Waals surface area (Å²) in [7, 11) is 1.49. The Kier molecular flexibility index (Phi) is 5.16. The van der Waals surface area contributed by atoms with Crippen LogP contribution in [-0.2, 0) is 11.3 Å². The first-order valence-electron chi connectivity index (χ1n) is 6.75. The number of nitrogens with one attached hydrogen (secondary N) is 1. The van der Waals surface area contributed by atoms with E-state index in [9.17, 15) is 9.90 Å². The molecule has 2 rings (SSSR count). The minimum absolute atomic E-state index is 0.0424. The first-order valence-corrected chi connectivity index (χ1v) is 7.57. The number of ether oxygens (including phenoxy) is 1. The van der Waals surface area contributed by atoms with Gasteiger partial charge in [-0.05, 0) is 37.6 Å². The van der Waals surface area contributed by atoms with Crippen LogP contribution in [0.3, 0.4) is 0 Å². The highest BCUT2D eigenvalue weighted by atomic mass is 32.1. The van der Waals surface area contributed by atoms with Crippen LogP contribution in [0.15, 0.2) is 24.3 Å². The predicted molar refractivity (Wildman–Crippen MR) is 87.1 cm³/mol. The number of hydrogen-bond acceptors (Lipinski definition) is 5. The lowest BCUT2D eigenvalue weighted by Gasteiger charge is -2.03. The van der Waals surface area contributed by atoms with Crippen LogP contribution in [0.2, 0.25) is 0 Å². The van der Waals surface area contributed by atoms with Gasteiger partial charge in [0.15, 0.2) is 11.5 Å². The fourth-order valence-corrected chi connectivity index (χ4v) is 2.82. The SMILES string of the molecule is COc1ccc(/C=C/C(=O)NCc2sc(C)nc2C)cc1O. The zero-order valence-corrected chi connectivity index (χ0v) is 13.5. The molecule has 1 heterocycles. The Bertz CT molecular complexity index is 707. The highest BCUT2D eigenvalue weighted by Crippen LogP contribution is 2.26. The van der Waals surface area contributed by atoms with E-state index in [0.29, 0.717) is 12.3 Å². The van der Waals surface area contributed by atoms with Crippen LogP contribution in [0.4, 0.5) is 0 Å². The van der Waals surface area contributed by atoms with Crippen LogP contribution in [0.25, 0.3) is 6.08 Å². The average Bonchev–Trinajstić information content (AvgIpc) is 2.81. The molecule has 0 saturated carbocycles. The summed E-state index contributed by atoms with van der Waals surface area (Å²) >= 11 is 1.58. The Morgan fingerprint density at radius 1 is 1.45 bits per heavy atom. The maximum absolute atomic E-state index is 11.8. The van der Waals surface area contributed by atoms with Crippen molar-refractivity contribution in [1.82, 2.24) is 10.3 Å². The molecule has 5 nitrogen and oxygen atoms in total. The lowest BCUT2D eigenvalue weighted by Crippen LogP contribution is -2.20. The number of aromatic nitrogens is 1. The Labute approximate surface area is 133 Å². The molecule has 0 spiro atoms. The Hall–Kier alpha value is -2.34. The summed E-state index contributed by atoms with van der Waals surface area (Å²) in [5.41, 5.74) is 1.67. The van der Waals surface area contributed by atoms with Crippen LogP contribution in [-0.4, -0.2) is 23.1 Å². The van der Waals surface area contributed by atoms with Crippen molar-refractivity contribution in [1.29, 1.82) is 0 Å². The van der Waals surface area contributed by atoms with Gasteiger partial charge in [-0.3, -0.25) is 4.79 Å². The fraction of sp³-hybridized carbons (Fsp3) is 0.250. The monoisotopic (exact) mass is 318 g/mol. The summed E-state index contributed by atoms with van der Waals surface area (Å²) in [5, 5.41) is 13.5. The van der Waals surface area contributed by atoms with E-state index in [4.69, 9.17) is 4.74 Å². The zero-order chi connectivity index (χ0) is 16.1.